The fraction of sp³-hybridized carbons (Fsp3) is 0.0435. The van der Waals surface area contributed by atoms with Crippen molar-refractivity contribution in [3.63, 3.8) is 0 Å². The minimum absolute atomic E-state index is 0.117. The van der Waals surface area contributed by atoms with Crippen LogP contribution in [0, 0.1) is 0 Å². The number of fused-ring (bicyclic) bond motifs is 2. The number of amides is 2. The number of thiazole rings is 1. The number of hydrogen-bond donors (Lipinski definition) is 2. The highest BCUT2D eigenvalue weighted by atomic mass is 32.1. The molecule has 5 rings (SSSR count). The summed E-state index contributed by atoms with van der Waals surface area (Å²) in [7, 11) is 0. The van der Waals surface area contributed by atoms with Crippen LogP contribution in [-0.4, -0.2) is 26.4 Å². The Kier molecular flexibility index (Phi) is 4.68. The van der Waals surface area contributed by atoms with E-state index in [0.29, 0.717) is 10.5 Å². The molecule has 5 aromatic rings. The number of rotatable bonds is 4. The quantitative estimate of drug-likeness (QED) is 0.430. The lowest BCUT2D eigenvalue weighted by Crippen LogP contribution is -2.13. The molecule has 0 fully saturated rings. The fourth-order valence-corrected chi connectivity index (χ4v) is 4.28. The molecule has 31 heavy (non-hydrogen) atoms. The molecule has 0 saturated carbocycles. The summed E-state index contributed by atoms with van der Waals surface area (Å²) < 4.78 is 1.71. The molecule has 0 aliphatic rings. The maximum absolute atomic E-state index is 12.9. The van der Waals surface area contributed by atoms with Crippen LogP contribution in [0.1, 0.15) is 17.3 Å². The number of carbonyl (C=O) groups excluding carboxylic acids is 2. The largest absolute Gasteiger partial charge is 0.326 e. The van der Waals surface area contributed by atoms with E-state index in [2.05, 4.69) is 20.7 Å². The van der Waals surface area contributed by atoms with Gasteiger partial charge < -0.3 is 5.32 Å². The topological polar surface area (TPSA) is 88.4 Å². The number of aromatic nitrogens is 3. The predicted molar refractivity (Wildman–Crippen MR) is 123 cm³/mol. The van der Waals surface area contributed by atoms with Crippen LogP contribution >= 0.6 is 11.3 Å². The molecule has 2 heterocycles. The molecule has 0 aliphatic carbocycles. The van der Waals surface area contributed by atoms with Crippen LogP contribution in [0.4, 0.5) is 11.6 Å². The first-order chi connectivity index (χ1) is 15.1. The van der Waals surface area contributed by atoms with Gasteiger partial charge in [0.2, 0.25) is 10.9 Å². The molecule has 0 saturated heterocycles. The summed E-state index contributed by atoms with van der Waals surface area (Å²) in [5.74, 6) is -0.120. The van der Waals surface area contributed by atoms with Gasteiger partial charge in [-0.3, -0.25) is 14.9 Å². The minimum Gasteiger partial charge on any atom is -0.326 e. The van der Waals surface area contributed by atoms with Crippen molar-refractivity contribution in [3.05, 3.63) is 77.7 Å². The van der Waals surface area contributed by atoms with Crippen LogP contribution in [0.5, 0.6) is 0 Å². The van der Waals surface area contributed by atoms with E-state index in [1.165, 1.54) is 18.3 Å². The minimum atomic E-state index is -0.253. The van der Waals surface area contributed by atoms with Gasteiger partial charge in [-0.15, -0.1) is 16.4 Å². The van der Waals surface area contributed by atoms with Crippen molar-refractivity contribution < 1.29 is 9.59 Å². The second-order valence-corrected chi connectivity index (χ2v) is 7.83. The molecule has 0 unspecified atom stereocenters. The summed E-state index contributed by atoms with van der Waals surface area (Å²) >= 11 is 1.44. The van der Waals surface area contributed by atoms with Gasteiger partial charge in [-0.05, 0) is 29.0 Å². The van der Waals surface area contributed by atoms with E-state index in [1.807, 2.05) is 66.0 Å². The normalized spacial score (nSPS) is 11.0. The molecular formula is C23H17N5O2S. The molecule has 2 aromatic heterocycles. The van der Waals surface area contributed by atoms with Gasteiger partial charge in [-0.2, -0.15) is 4.98 Å². The lowest BCUT2D eigenvalue weighted by molar-refractivity contribution is -0.114. The van der Waals surface area contributed by atoms with Crippen LogP contribution in [0.15, 0.2) is 72.1 Å². The van der Waals surface area contributed by atoms with E-state index in [-0.39, 0.29) is 17.8 Å². The zero-order valence-corrected chi connectivity index (χ0v) is 17.3. The second kappa shape index (κ2) is 7.66. The fourth-order valence-electron chi connectivity index (χ4n) is 3.45. The Morgan fingerprint density at radius 3 is 2.52 bits per heavy atom. The molecule has 7 nitrogen and oxygen atoms in total. The van der Waals surface area contributed by atoms with Gasteiger partial charge in [0.1, 0.15) is 0 Å². The van der Waals surface area contributed by atoms with Crippen molar-refractivity contribution >= 4 is 50.5 Å². The number of nitrogens with zero attached hydrogens (tertiary/aromatic N) is 3. The van der Waals surface area contributed by atoms with Gasteiger partial charge in [0.25, 0.3) is 11.9 Å². The Labute approximate surface area is 181 Å². The molecule has 0 radical (unpaired) electrons. The van der Waals surface area contributed by atoms with Crippen molar-refractivity contribution in [1.29, 1.82) is 0 Å². The van der Waals surface area contributed by atoms with Crippen molar-refractivity contribution in [2.45, 2.75) is 6.92 Å². The highest BCUT2D eigenvalue weighted by Gasteiger charge is 2.16. The number of anilines is 2. The first-order valence-electron chi connectivity index (χ1n) is 9.60. The molecular weight excluding hydrogens is 410 g/mol. The van der Waals surface area contributed by atoms with Crippen molar-refractivity contribution in [2.75, 3.05) is 10.6 Å². The molecule has 3 aromatic carbocycles. The van der Waals surface area contributed by atoms with Gasteiger partial charge in [0, 0.05) is 29.1 Å². The third kappa shape index (κ3) is 3.64. The number of carbonyl (C=O) groups is 2. The van der Waals surface area contributed by atoms with E-state index in [9.17, 15) is 9.59 Å². The average Bonchev–Trinajstić information content (AvgIpc) is 3.34. The summed E-state index contributed by atoms with van der Waals surface area (Å²) in [5, 5.41) is 13.9. The van der Waals surface area contributed by atoms with Gasteiger partial charge in [-0.1, -0.05) is 48.5 Å². The molecule has 2 N–H and O–H groups in total. The SMILES string of the molecule is CC(=O)Nc1ccc(-c2csc3nc(NC(=O)c4cccc5ccccc45)nn23)cc1. The van der Waals surface area contributed by atoms with Crippen molar-refractivity contribution in [2.24, 2.45) is 0 Å². The van der Waals surface area contributed by atoms with Crippen LogP contribution in [-0.2, 0) is 4.79 Å². The number of benzene rings is 3. The Hall–Kier alpha value is -4.04. The number of nitrogens with one attached hydrogen (secondary N) is 2. The summed E-state index contributed by atoms with van der Waals surface area (Å²) in [6.45, 7) is 1.47. The third-order valence-corrected chi connectivity index (χ3v) is 5.66. The Bertz CT molecular complexity index is 1430. The number of hydrogen-bond acceptors (Lipinski definition) is 5. The van der Waals surface area contributed by atoms with E-state index in [4.69, 9.17) is 0 Å². The van der Waals surface area contributed by atoms with Gasteiger partial charge in [0.05, 0.1) is 5.69 Å². The molecule has 0 atom stereocenters. The Morgan fingerprint density at radius 1 is 0.935 bits per heavy atom. The summed E-state index contributed by atoms with van der Waals surface area (Å²) in [6, 6.07) is 20.9. The Morgan fingerprint density at radius 2 is 1.71 bits per heavy atom. The standard InChI is InChI=1S/C23H17N5O2S/c1-14(29)24-17-11-9-16(10-12-17)20-13-31-23-26-22(27-28(20)23)25-21(30)19-8-4-6-15-5-2-3-7-18(15)19/h2-13H,1H3,(H,24,29)(H,25,27,30). The second-order valence-electron chi connectivity index (χ2n) is 6.99. The van der Waals surface area contributed by atoms with Crippen LogP contribution in [0.25, 0.3) is 27.0 Å². The Balaban J connectivity index is 1.43. The molecule has 2 amide bonds. The van der Waals surface area contributed by atoms with Crippen molar-refractivity contribution in [3.8, 4) is 11.3 Å². The van der Waals surface area contributed by atoms with Gasteiger partial charge in [-0.25, -0.2) is 4.52 Å². The van der Waals surface area contributed by atoms with E-state index >= 15 is 0 Å². The van der Waals surface area contributed by atoms with E-state index in [1.54, 1.807) is 10.6 Å². The first-order valence-corrected chi connectivity index (χ1v) is 10.5. The zero-order chi connectivity index (χ0) is 21.4. The monoisotopic (exact) mass is 427 g/mol. The smallest absolute Gasteiger partial charge is 0.258 e. The van der Waals surface area contributed by atoms with Gasteiger partial charge >= 0.3 is 0 Å². The van der Waals surface area contributed by atoms with Gasteiger partial charge in [0.15, 0.2) is 0 Å². The average molecular weight is 427 g/mol. The molecule has 0 bridgehead atoms. The van der Waals surface area contributed by atoms with E-state index in [0.717, 1.165) is 27.7 Å². The third-order valence-electron chi connectivity index (χ3n) is 4.84. The lowest BCUT2D eigenvalue weighted by atomic mass is 10.0. The first kappa shape index (κ1) is 19.0. The molecule has 0 aliphatic heterocycles. The van der Waals surface area contributed by atoms with Crippen LogP contribution in [0.3, 0.4) is 0 Å². The maximum atomic E-state index is 12.9. The molecule has 8 heteroatoms. The van der Waals surface area contributed by atoms with Crippen molar-refractivity contribution in [1.82, 2.24) is 14.6 Å². The van der Waals surface area contributed by atoms with Crippen LogP contribution in [0.2, 0.25) is 0 Å². The lowest BCUT2D eigenvalue weighted by Gasteiger charge is -2.05. The zero-order valence-electron chi connectivity index (χ0n) is 16.5. The summed E-state index contributed by atoms with van der Waals surface area (Å²) in [6.07, 6.45) is 0. The maximum Gasteiger partial charge on any atom is 0.258 e. The van der Waals surface area contributed by atoms with E-state index < -0.39 is 0 Å². The molecule has 152 valence electrons. The molecule has 0 spiro atoms. The van der Waals surface area contributed by atoms with Crippen LogP contribution < -0.4 is 10.6 Å². The highest BCUT2D eigenvalue weighted by Crippen LogP contribution is 2.27. The predicted octanol–water partition coefficient (Wildman–Crippen LogP) is 4.82. The highest BCUT2D eigenvalue weighted by molar-refractivity contribution is 7.15. The summed E-state index contributed by atoms with van der Waals surface area (Å²) in [4.78, 5) is 29.2. The summed E-state index contributed by atoms with van der Waals surface area (Å²) in [5.41, 5.74) is 3.08.